The SMILES string of the molecule is c1ccc(-c2ccc(N(c3ccccc3)c3ccc4c(c3)C(c3ccccc3)(c3cccc5c3oc3ccccc35)c3ccccc3-4)cc2)cc1. The smallest absolute Gasteiger partial charge is 0.140 e. The molecule has 0 saturated heterocycles. The zero-order valence-corrected chi connectivity index (χ0v) is 27.9. The van der Waals surface area contributed by atoms with Crippen molar-refractivity contribution in [1.29, 1.82) is 0 Å². The zero-order chi connectivity index (χ0) is 33.8. The van der Waals surface area contributed by atoms with E-state index in [1.54, 1.807) is 0 Å². The van der Waals surface area contributed by atoms with Crippen molar-refractivity contribution in [1.82, 2.24) is 0 Å². The molecule has 2 heteroatoms. The zero-order valence-electron chi connectivity index (χ0n) is 27.9. The fraction of sp³-hybridized carbons (Fsp3) is 0.0204. The summed E-state index contributed by atoms with van der Waals surface area (Å²) in [7, 11) is 0. The van der Waals surface area contributed by atoms with Crippen molar-refractivity contribution in [2.45, 2.75) is 5.41 Å². The van der Waals surface area contributed by atoms with Crippen molar-refractivity contribution in [2.75, 3.05) is 4.90 Å². The molecule has 0 fully saturated rings. The fourth-order valence-corrected chi connectivity index (χ4v) is 8.35. The van der Waals surface area contributed by atoms with Crippen molar-refractivity contribution < 1.29 is 4.42 Å². The summed E-state index contributed by atoms with van der Waals surface area (Å²) in [6.45, 7) is 0. The first-order chi connectivity index (χ1) is 25.3. The van der Waals surface area contributed by atoms with E-state index < -0.39 is 5.41 Å². The summed E-state index contributed by atoms with van der Waals surface area (Å²) in [6, 6.07) is 72.1. The van der Waals surface area contributed by atoms with Crippen LogP contribution in [0.25, 0.3) is 44.2 Å². The molecule has 1 aliphatic rings. The molecule has 9 aromatic rings. The fourth-order valence-electron chi connectivity index (χ4n) is 8.35. The van der Waals surface area contributed by atoms with E-state index in [4.69, 9.17) is 4.42 Å². The molecule has 0 radical (unpaired) electrons. The van der Waals surface area contributed by atoms with Crippen LogP contribution in [0.15, 0.2) is 205 Å². The second-order valence-electron chi connectivity index (χ2n) is 13.3. The maximum Gasteiger partial charge on any atom is 0.140 e. The first kappa shape index (κ1) is 29.3. The molecule has 51 heavy (non-hydrogen) atoms. The minimum absolute atomic E-state index is 0.629. The molecule has 1 aliphatic carbocycles. The van der Waals surface area contributed by atoms with Crippen LogP contribution >= 0.6 is 0 Å². The molecule has 2 nitrogen and oxygen atoms in total. The summed E-state index contributed by atoms with van der Waals surface area (Å²) in [5.74, 6) is 0. The van der Waals surface area contributed by atoms with Crippen LogP contribution in [0, 0.1) is 0 Å². The van der Waals surface area contributed by atoms with Crippen LogP contribution in [0.4, 0.5) is 17.1 Å². The van der Waals surface area contributed by atoms with Gasteiger partial charge in [0.15, 0.2) is 0 Å². The second-order valence-corrected chi connectivity index (χ2v) is 13.3. The molecule has 240 valence electrons. The van der Waals surface area contributed by atoms with Gasteiger partial charge in [0.2, 0.25) is 0 Å². The largest absolute Gasteiger partial charge is 0.456 e. The first-order valence-electron chi connectivity index (χ1n) is 17.5. The van der Waals surface area contributed by atoms with E-state index in [2.05, 4.69) is 199 Å². The Bertz CT molecular complexity index is 2680. The highest BCUT2D eigenvalue weighted by molar-refractivity contribution is 6.07. The molecule has 1 atom stereocenters. The van der Waals surface area contributed by atoms with Gasteiger partial charge in [0.25, 0.3) is 0 Å². The molecule has 1 aromatic heterocycles. The van der Waals surface area contributed by atoms with Crippen molar-refractivity contribution in [2.24, 2.45) is 0 Å². The number of rotatable bonds is 6. The number of para-hydroxylation sites is 3. The lowest BCUT2D eigenvalue weighted by molar-refractivity contribution is 0.648. The van der Waals surface area contributed by atoms with E-state index in [-0.39, 0.29) is 0 Å². The molecule has 0 aliphatic heterocycles. The Hall–Kier alpha value is -6.64. The number of hydrogen-bond donors (Lipinski definition) is 0. The maximum atomic E-state index is 6.83. The molecular formula is C49H33NO. The van der Waals surface area contributed by atoms with Crippen molar-refractivity contribution in [3.05, 3.63) is 222 Å². The number of furan rings is 1. The number of nitrogens with zero attached hydrogens (tertiary/aromatic N) is 1. The Kier molecular flexibility index (Phi) is 6.75. The molecular weight excluding hydrogens is 619 g/mol. The maximum absolute atomic E-state index is 6.83. The van der Waals surface area contributed by atoms with E-state index in [0.29, 0.717) is 0 Å². The van der Waals surface area contributed by atoms with Crippen LogP contribution in [0.1, 0.15) is 22.3 Å². The van der Waals surface area contributed by atoms with Crippen molar-refractivity contribution in [3.8, 4) is 22.3 Å². The van der Waals surface area contributed by atoms with E-state index >= 15 is 0 Å². The van der Waals surface area contributed by atoms with E-state index in [9.17, 15) is 0 Å². The van der Waals surface area contributed by atoms with Gasteiger partial charge in [-0.15, -0.1) is 0 Å². The van der Waals surface area contributed by atoms with Crippen LogP contribution in [0.2, 0.25) is 0 Å². The van der Waals surface area contributed by atoms with Gasteiger partial charge < -0.3 is 9.32 Å². The van der Waals surface area contributed by atoms with Crippen LogP contribution < -0.4 is 4.90 Å². The highest BCUT2D eigenvalue weighted by Crippen LogP contribution is 2.58. The Balaban J connectivity index is 1.25. The number of anilines is 3. The Morgan fingerprint density at radius 3 is 1.75 bits per heavy atom. The lowest BCUT2D eigenvalue weighted by Gasteiger charge is -2.34. The van der Waals surface area contributed by atoms with Gasteiger partial charge in [-0.2, -0.15) is 0 Å². The third kappa shape index (κ3) is 4.50. The van der Waals surface area contributed by atoms with E-state index in [0.717, 1.165) is 44.6 Å². The molecule has 10 rings (SSSR count). The third-order valence-electron chi connectivity index (χ3n) is 10.5. The monoisotopic (exact) mass is 651 g/mol. The molecule has 0 amide bonds. The Morgan fingerprint density at radius 2 is 0.941 bits per heavy atom. The average molecular weight is 652 g/mol. The molecule has 0 bridgehead atoms. The van der Waals surface area contributed by atoms with Gasteiger partial charge >= 0.3 is 0 Å². The van der Waals surface area contributed by atoms with E-state index in [1.165, 1.54) is 38.9 Å². The molecule has 0 saturated carbocycles. The first-order valence-corrected chi connectivity index (χ1v) is 17.5. The minimum atomic E-state index is -0.629. The molecule has 0 N–H and O–H groups in total. The van der Waals surface area contributed by atoms with Crippen LogP contribution in [0.5, 0.6) is 0 Å². The van der Waals surface area contributed by atoms with Crippen molar-refractivity contribution >= 4 is 39.0 Å². The van der Waals surface area contributed by atoms with Gasteiger partial charge in [-0.3, -0.25) is 0 Å². The van der Waals surface area contributed by atoms with Gasteiger partial charge in [-0.05, 0) is 81.4 Å². The van der Waals surface area contributed by atoms with E-state index in [1.807, 2.05) is 6.07 Å². The lowest BCUT2D eigenvalue weighted by atomic mass is 9.67. The lowest BCUT2D eigenvalue weighted by Crippen LogP contribution is -2.29. The quantitative estimate of drug-likeness (QED) is 0.178. The summed E-state index contributed by atoms with van der Waals surface area (Å²) < 4.78 is 6.83. The summed E-state index contributed by atoms with van der Waals surface area (Å²) in [5, 5.41) is 2.26. The average Bonchev–Trinajstić information content (AvgIpc) is 3.73. The predicted octanol–water partition coefficient (Wildman–Crippen LogP) is 13.1. The van der Waals surface area contributed by atoms with Gasteiger partial charge in [0.1, 0.15) is 11.2 Å². The number of fused-ring (bicyclic) bond motifs is 6. The summed E-state index contributed by atoms with van der Waals surface area (Å²) in [4.78, 5) is 2.37. The van der Waals surface area contributed by atoms with Crippen molar-refractivity contribution in [3.63, 3.8) is 0 Å². The van der Waals surface area contributed by atoms with Crippen LogP contribution in [-0.2, 0) is 5.41 Å². The molecule has 1 heterocycles. The summed E-state index contributed by atoms with van der Waals surface area (Å²) >= 11 is 0. The second kappa shape index (κ2) is 11.8. The summed E-state index contributed by atoms with van der Waals surface area (Å²) in [5.41, 5.74) is 14.2. The van der Waals surface area contributed by atoms with Crippen LogP contribution in [-0.4, -0.2) is 0 Å². The molecule has 0 spiro atoms. The molecule has 8 aromatic carbocycles. The third-order valence-corrected chi connectivity index (χ3v) is 10.5. The normalized spacial score (nSPS) is 14.7. The number of hydrogen-bond acceptors (Lipinski definition) is 2. The Morgan fingerprint density at radius 1 is 0.373 bits per heavy atom. The minimum Gasteiger partial charge on any atom is -0.456 e. The highest BCUT2D eigenvalue weighted by Gasteiger charge is 2.48. The van der Waals surface area contributed by atoms with Gasteiger partial charge in [0.05, 0.1) is 5.41 Å². The summed E-state index contributed by atoms with van der Waals surface area (Å²) in [6.07, 6.45) is 0. The molecule has 1 unspecified atom stereocenters. The van der Waals surface area contributed by atoms with Gasteiger partial charge in [0, 0.05) is 33.4 Å². The predicted molar refractivity (Wildman–Crippen MR) is 211 cm³/mol. The highest BCUT2D eigenvalue weighted by atomic mass is 16.3. The Labute approximate surface area is 297 Å². The topological polar surface area (TPSA) is 16.4 Å². The number of benzene rings is 8. The van der Waals surface area contributed by atoms with Gasteiger partial charge in [-0.25, -0.2) is 0 Å². The van der Waals surface area contributed by atoms with Crippen LogP contribution in [0.3, 0.4) is 0 Å². The van der Waals surface area contributed by atoms with Gasteiger partial charge in [-0.1, -0.05) is 158 Å². The standard InChI is InChI=1S/C49H33NO/c1-4-15-34(16-5-1)35-27-29-38(30-28-35)50(37-19-8-3-9-20-37)39-31-32-41-40-21-10-12-24-44(40)49(46(41)33-39,36-17-6-2-7-18-36)45-25-14-23-43-42-22-11-13-26-47(42)51-48(43)45/h1-33H.